The number of aliphatic hydroxyl groups excluding tert-OH is 1. The fraction of sp³-hybridized carbons (Fsp3) is 0.938. The summed E-state index contributed by atoms with van der Waals surface area (Å²) in [6, 6.07) is 0. The van der Waals surface area contributed by atoms with E-state index in [9.17, 15) is 5.11 Å². The number of nitrogens with two attached hydrogens (primary N) is 2. The summed E-state index contributed by atoms with van der Waals surface area (Å²) in [5.74, 6) is 3.50. The van der Waals surface area contributed by atoms with Crippen LogP contribution in [-0.4, -0.2) is 50.2 Å². The Morgan fingerprint density at radius 3 is 2.27 bits per heavy atom. The predicted molar refractivity (Wildman–Crippen MR) is 150 cm³/mol. The van der Waals surface area contributed by atoms with Gasteiger partial charge in [0.25, 0.3) is 0 Å². The van der Waals surface area contributed by atoms with Gasteiger partial charge in [-0.2, -0.15) is 0 Å². The van der Waals surface area contributed by atoms with Gasteiger partial charge in [0.1, 0.15) is 0 Å². The van der Waals surface area contributed by atoms with E-state index in [2.05, 4.69) is 33.8 Å². The van der Waals surface area contributed by atoms with Crippen LogP contribution >= 0.6 is 0 Å². The van der Waals surface area contributed by atoms with Crippen molar-refractivity contribution >= 4 is 0 Å². The molecule has 0 radical (unpaired) electrons. The summed E-state index contributed by atoms with van der Waals surface area (Å²) >= 11 is 0. The average molecular weight is 517 g/mol. The largest absolute Gasteiger partial charge is 0.396 e. The fourth-order valence-corrected chi connectivity index (χ4v) is 10.8. The molecule has 0 aromatic carbocycles. The summed E-state index contributed by atoms with van der Waals surface area (Å²) < 4.78 is 13.5. The molecule has 6 aliphatic carbocycles. The molecule has 37 heavy (non-hydrogen) atoms. The number of hydrogen-bond donors (Lipinski definition) is 3. The molecule has 0 aromatic heterocycles. The highest BCUT2D eigenvalue weighted by Gasteiger charge is 2.70. The minimum Gasteiger partial charge on any atom is -0.396 e. The van der Waals surface area contributed by atoms with Crippen LogP contribution in [0.5, 0.6) is 0 Å². The van der Waals surface area contributed by atoms with Crippen molar-refractivity contribution in [3.8, 4) is 0 Å². The van der Waals surface area contributed by atoms with Crippen LogP contribution in [0.1, 0.15) is 91.9 Å². The third kappa shape index (κ3) is 4.47. The van der Waals surface area contributed by atoms with Crippen LogP contribution in [0.15, 0.2) is 11.6 Å². The topological polar surface area (TPSA) is 90.7 Å². The molecule has 0 aliphatic heterocycles. The highest BCUT2D eigenvalue weighted by molar-refractivity contribution is 5.33. The van der Waals surface area contributed by atoms with Crippen LogP contribution in [0.4, 0.5) is 0 Å². The first kappa shape index (κ1) is 28.1. The molecule has 0 unspecified atom stereocenters. The van der Waals surface area contributed by atoms with Crippen LogP contribution in [-0.2, 0) is 9.47 Å². The van der Waals surface area contributed by atoms with Gasteiger partial charge in [0.2, 0.25) is 0 Å². The second-order valence-electron chi connectivity index (χ2n) is 14.4. The quantitative estimate of drug-likeness (QED) is 0.271. The molecule has 4 fully saturated rings. The van der Waals surface area contributed by atoms with E-state index in [0.29, 0.717) is 67.4 Å². The maximum atomic E-state index is 10.6. The summed E-state index contributed by atoms with van der Waals surface area (Å²) in [5.41, 5.74) is 14.0. The molecule has 5 N–H and O–H groups in total. The number of aliphatic hydroxyl groups is 1. The lowest BCUT2D eigenvalue weighted by atomic mass is 9.33. The van der Waals surface area contributed by atoms with Gasteiger partial charge in [0.05, 0.1) is 12.2 Å². The van der Waals surface area contributed by atoms with Crippen molar-refractivity contribution in [2.45, 2.75) is 104 Å². The first-order chi connectivity index (χ1) is 17.8. The molecular formula is C32H56N2O3. The molecule has 2 bridgehead atoms. The van der Waals surface area contributed by atoms with Gasteiger partial charge in [-0.05, 0) is 117 Å². The second-order valence-corrected chi connectivity index (χ2v) is 14.4. The molecule has 0 amide bonds. The van der Waals surface area contributed by atoms with Gasteiger partial charge in [0, 0.05) is 25.7 Å². The van der Waals surface area contributed by atoms with Crippen LogP contribution in [0.25, 0.3) is 0 Å². The number of ether oxygens (including phenoxy) is 2. The molecule has 4 saturated carbocycles. The molecule has 0 heterocycles. The summed E-state index contributed by atoms with van der Waals surface area (Å²) in [6.07, 6.45) is 15.0. The number of fused-ring (bicyclic) bond motifs is 1. The highest BCUT2D eigenvalue weighted by atomic mass is 16.5. The van der Waals surface area contributed by atoms with Crippen molar-refractivity contribution in [3.05, 3.63) is 11.6 Å². The van der Waals surface area contributed by atoms with Crippen molar-refractivity contribution < 1.29 is 14.6 Å². The monoisotopic (exact) mass is 516 g/mol. The predicted octanol–water partition coefficient (Wildman–Crippen LogP) is 5.30. The standard InChI is InChI=1S/C32H56N2O3/c1-21(2)23-19-32-13-10-26-30(3,20-35)11-5-12-31(26,4)27(32)18-22(23)28-24(36-16-6-14-33)8-9-25(29(28)32)37-17-7-15-34/h19,21-22,24-29,35H,5-18,20,33-34H2,1-4H3/t22-,24-,25-,26-,27+,28-,29+,30-,31-,32-/m0/s1. The average Bonchev–Trinajstić information content (AvgIpc) is 2.89. The molecule has 5 nitrogen and oxygen atoms in total. The van der Waals surface area contributed by atoms with E-state index in [1.54, 1.807) is 5.57 Å². The lowest BCUT2D eigenvalue weighted by molar-refractivity contribution is -0.239. The highest BCUT2D eigenvalue weighted by Crippen LogP contribution is 2.75. The molecule has 10 atom stereocenters. The summed E-state index contributed by atoms with van der Waals surface area (Å²) in [5, 5.41) is 10.6. The Labute approximate surface area is 226 Å². The zero-order chi connectivity index (χ0) is 26.4. The van der Waals surface area contributed by atoms with Crippen LogP contribution in [0.3, 0.4) is 0 Å². The van der Waals surface area contributed by atoms with Crippen molar-refractivity contribution in [2.75, 3.05) is 32.9 Å². The summed E-state index contributed by atoms with van der Waals surface area (Å²) in [6.45, 7) is 13.1. The molecule has 6 rings (SSSR count). The first-order valence-electron chi connectivity index (χ1n) is 15.7. The zero-order valence-electron chi connectivity index (χ0n) is 24.2. The van der Waals surface area contributed by atoms with E-state index < -0.39 is 0 Å². The van der Waals surface area contributed by atoms with Crippen LogP contribution in [0, 0.1) is 51.8 Å². The second kappa shape index (κ2) is 10.8. The maximum absolute atomic E-state index is 10.6. The van der Waals surface area contributed by atoms with E-state index in [4.69, 9.17) is 20.9 Å². The van der Waals surface area contributed by atoms with E-state index in [-0.39, 0.29) is 16.2 Å². The van der Waals surface area contributed by atoms with Crippen molar-refractivity contribution in [3.63, 3.8) is 0 Å². The van der Waals surface area contributed by atoms with E-state index in [1.165, 1.54) is 38.5 Å². The van der Waals surface area contributed by atoms with Gasteiger partial charge in [-0.15, -0.1) is 0 Å². The number of rotatable bonds is 10. The Balaban J connectivity index is 1.57. The van der Waals surface area contributed by atoms with Gasteiger partial charge >= 0.3 is 0 Å². The zero-order valence-corrected chi connectivity index (χ0v) is 24.2. The third-order valence-electron chi connectivity index (χ3n) is 12.2. The fourth-order valence-electron chi connectivity index (χ4n) is 10.8. The van der Waals surface area contributed by atoms with Gasteiger partial charge in [-0.3, -0.25) is 0 Å². The van der Waals surface area contributed by atoms with Crippen molar-refractivity contribution in [1.29, 1.82) is 0 Å². The number of hydrogen-bond acceptors (Lipinski definition) is 5. The van der Waals surface area contributed by atoms with E-state index >= 15 is 0 Å². The molecule has 1 spiro atoms. The van der Waals surface area contributed by atoms with E-state index in [0.717, 1.165) is 38.9 Å². The summed E-state index contributed by atoms with van der Waals surface area (Å²) in [7, 11) is 0. The smallest absolute Gasteiger partial charge is 0.0616 e. The van der Waals surface area contributed by atoms with Gasteiger partial charge in [0.15, 0.2) is 0 Å². The van der Waals surface area contributed by atoms with Crippen LogP contribution < -0.4 is 11.5 Å². The molecular weight excluding hydrogens is 460 g/mol. The van der Waals surface area contributed by atoms with Crippen molar-refractivity contribution in [1.82, 2.24) is 0 Å². The Bertz CT molecular complexity index is 831. The first-order valence-corrected chi connectivity index (χ1v) is 15.7. The SMILES string of the molecule is CC(C)C1=C[C@@]23CC[C@H]4[C@](C)(CO)CCC[C@]4(C)[C@H]2C[C@@H]1[C@@H]1[C@H]3[C@@H](OCCCN)CC[C@@H]1OCCCN. The Kier molecular flexibility index (Phi) is 8.23. The van der Waals surface area contributed by atoms with Gasteiger partial charge < -0.3 is 26.0 Å². The molecule has 6 aliphatic rings. The van der Waals surface area contributed by atoms with Crippen LogP contribution in [0.2, 0.25) is 0 Å². The Hall–Kier alpha value is -0.460. The van der Waals surface area contributed by atoms with Gasteiger partial charge in [-0.25, -0.2) is 0 Å². The Morgan fingerprint density at radius 2 is 1.62 bits per heavy atom. The molecule has 0 aromatic rings. The maximum Gasteiger partial charge on any atom is 0.0616 e. The minimum atomic E-state index is 0.0623. The van der Waals surface area contributed by atoms with Gasteiger partial charge in [-0.1, -0.05) is 45.8 Å². The lowest BCUT2D eigenvalue weighted by Crippen LogP contribution is -2.68. The number of allylic oxidation sites excluding steroid dienone is 2. The van der Waals surface area contributed by atoms with Crippen molar-refractivity contribution in [2.24, 2.45) is 63.2 Å². The third-order valence-corrected chi connectivity index (χ3v) is 12.2. The summed E-state index contributed by atoms with van der Waals surface area (Å²) in [4.78, 5) is 0. The molecule has 212 valence electrons. The normalized spacial score (nSPS) is 46.8. The molecule has 0 saturated heterocycles. The Morgan fingerprint density at radius 1 is 0.946 bits per heavy atom. The van der Waals surface area contributed by atoms with E-state index in [1.807, 2.05) is 0 Å². The lowest BCUT2D eigenvalue weighted by Gasteiger charge is -2.72. The minimum absolute atomic E-state index is 0.0623. The molecule has 5 heteroatoms.